The van der Waals surface area contributed by atoms with Gasteiger partial charge in [0.15, 0.2) is 0 Å². The zero-order valence-electron chi connectivity index (χ0n) is 15.5. The summed E-state index contributed by atoms with van der Waals surface area (Å²) in [6, 6.07) is 12.8. The van der Waals surface area contributed by atoms with Crippen molar-refractivity contribution in [2.24, 2.45) is 0 Å². The maximum atomic E-state index is 12.4. The van der Waals surface area contributed by atoms with E-state index in [0.717, 1.165) is 37.4 Å². The van der Waals surface area contributed by atoms with Crippen molar-refractivity contribution in [3.05, 3.63) is 47.5 Å². The first-order valence-corrected chi connectivity index (χ1v) is 8.83. The molecule has 2 aromatic carbocycles. The number of piperazine rings is 1. The van der Waals surface area contributed by atoms with Gasteiger partial charge in [0.25, 0.3) is 0 Å². The highest BCUT2D eigenvalue weighted by molar-refractivity contribution is 6.01. The van der Waals surface area contributed by atoms with Gasteiger partial charge in [0.1, 0.15) is 11.8 Å². The molecule has 0 atom stereocenters. The molecule has 7 heteroatoms. The molecule has 1 heterocycles. The molecule has 2 amide bonds. The number of hydrogen-bond donors (Lipinski definition) is 3. The highest BCUT2D eigenvalue weighted by Gasteiger charge is 2.15. The topological polar surface area (TPSA) is 89.4 Å². The number of carbonyl (C=O) groups is 1. The van der Waals surface area contributed by atoms with Crippen LogP contribution in [0, 0.1) is 18.3 Å². The molecule has 1 saturated heterocycles. The molecule has 3 N–H and O–H groups in total. The number of nitrogens with one attached hydrogen (secondary N) is 3. The smallest absolute Gasteiger partial charge is 0.323 e. The van der Waals surface area contributed by atoms with Crippen molar-refractivity contribution in [2.75, 3.05) is 48.8 Å². The predicted molar refractivity (Wildman–Crippen MR) is 107 cm³/mol. The van der Waals surface area contributed by atoms with Gasteiger partial charge in [-0.1, -0.05) is 6.07 Å². The molecule has 3 rings (SSSR count). The molecular weight excluding hydrogens is 342 g/mol. The van der Waals surface area contributed by atoms with Crippen molar-refractivity contribution in [1.29, 1.82) is 5.26 Å². The predicted octanol–water partition coefficient (Wildman–Crippen LogP) is 2.93. The van der Waals surface area contributed by atoms with Crippen LogP contribution in [0.4, 0.5) is 21.9 Å². The Morgan fingerprint density at radius 2 is 1.96 bits per heavy atom. The minimum atomic E-state index is -0.391. The number of anilines is 3. The molecule has 1 aliphatic heterocycles. The van der Waals surface area contributed by atoms with Gasteiger partial charge >= 0.3 is 6.03 Å². The summed E-state index contributed by atoms with van der Waals surface area (Å²) in [5, 5.41) is 18.4. The number of urea groups is 1. The molecule has 0 aromatic heterocycles. The minimum absolute atomic E-state index is 0.391. The number of aryl methyl sites for hydroxylation is 1. The Balaban J connectivity index is 1.73. The Bertz CT molecular complexity index is 869. The van der Waals surface area contributed by atoms with Crippen LogP contribution in [0.15, 0.2) is 36.4 Å². The van der Waals surface area contributed by atoms with Crippen molar-refractivity contribution >= 4 is 23.1 Å². The molecule has 27 heavy (non-hydrogen) atoms. The van der Waals surface area contributed by atoms with Crippen LogP contribution in [0.1, 0.15) is 11.1 Å². The van der Waals surface area contributed by atoms with Crippen LogP contribution >= 0.6 is 0 Å². The molecule has 2 aromatic rings. The maximum absolute atomic E-state index is 12.4. The molecule has 0 radical (unpaired) electrons. The molecule has 0 bridgehead atoms. The van der Waals surface area contributed by atoms with E-state index in [2.05, 4.69) is 26.9 Å². The molecular formula is C20H23N5O2. The molecule has 1 fully saturated rings. The third-order valence-electron chi connectivity index (χ3n) is 4.44. The highest BCUT2D eigenvalue weighted by Crippen LogP contribution is 2.27. The molecule has 0 unspecified atom stereocenters. The lowest BCUT2D eigenvalue weighted by molar-refractivity contribution is 0.262. The van der Waals surface area contributed by atoms with E-state index in [1.54, 1.807) is 19.2 Å². The second-order valence-corrected chi connectivity index (χ2v) is 6.36. The average molecular weight is 365 g/mol. The summed E-state index contributed by atoms with van der Waals surface area (Å²) in [7, 11) is 1.56. The van der Waals surface area contributed by atoms with Crippen molar-refractivity contribution in [1.82, 2.24) is 5.32 Å². The second-order valence-electron chi connectivity index (χ2n) is 6.36. The first-order chi connectivity index (χ1) is 13.1. The summed E-state index contributed by atoms with van der Waals surface area (Å²) in [5.74, 6) is 0.586. The van der Waals surface area contributed by atoms with Crippen LogP contribution in [-0.2, 0) is 0 Å². The fraction of sp³-hybridized carbons (Fsp3) is 0.300. The molecule has 0 spiro atoms. The second kappa shape index (κ2) is 8.43. The van der Waals surface area contributed by atoms with Crippen molar-refractivity contribution in [3.8, 4) is 11.8 Å². The van der Waals surface area contributed by atoms with E-state index in [9.17, 15) is 10.1 Å². The third kappa shape index (κ3) is 4.49. The summed E-state index contributed by atoms with van der Waals surface area (Å²) in [4.78, 5) is 14.5. The maximum Gasteiger partial charge on any atom is 0.323 e. The van der Waals surface area contributed by atoms with E-state index in [0.29, 0.717) is 22.7 Å². The van der Waals surface area contributed by atoms with E-state index in [4.69, 9.17) is 4.74 Å². The zero-order chi connectivity index (χ0) is 19.2. The first-order valence-electron chi connectivity index (χ1n) is 8.83. The van der Waals surface area contributed by atoms with E-state index < -0.39 is 6.03 Å². The summed E-state index contributed by atoms with van der Waals surface area (Å²) < 4.78 is 5.27. The Labute approximate surface area is 158 Å². The van der Waals surface area contributed by atoms with E-state index in [1.807, 2.05) is 31.2 Å². The van der Waals surface area contributed by atoms with Gasteiger partial charge in [0.05, 0.1) is 24.0 Å². The quantitative estimate of drug-likeness (QED) is 0.775. The highest BCUT2D eigenvalue weighted by atomic mass is 16.5. The van der Waals surface area contributed by atoms with Gasteiger partial charge in [-0.25, -0.2) is 4.79 Å². The largest absolute Gasteiger partial charge is 0.495 e. The van der Waals surface area contributed by atoms with Crippen LogP contribution in [-0.4, -0.2) is 39.3 Å². The lowest BCUT2D eigenvalue weighted by atomic mass is 10.1. The van der Waals surface area contributed by atoms with Crippen LogP contribution in [0.2, 0.25) is 0 Å². The monoisotopic (exact) mass is 365 g/mol. The Kier molecular flexibility index (Phi) is 5.79. The number of hydrogen-bond acceptors (Lipinski definition) is 5. The average Bonchev–Trinajstić information content (AvgIpc) is 2.68. The lowest BCUT2D eigenvalue weighted by Gasteiger charge is -2.30. The molecule has 140 valence electrons. The zero-order valence-corrected chi connectivity index (χ0v) is 15.5. The standard InChI is InChI=1S/C20H23N5O2/c1-14-3-6-19(27-2)17(11-14)24-20(26)23-16-4-5-18(15(12-16)13-21)25-9-7-22-8-10-25/h3-6,11-12,22H,7-10H2,1-2H3,(H2,23,24,26). The normalized spacial score (nSPS) is 13.6. The Hall–Kier alpha value is -3.24. The van der Waals surface area contributed by atoms with Gasteiger partial charge in [0, 0.05) is 31.9 Å². The van der Waals surface area contributed by atoms with Crippen molar-refractivity contribution in [2.45, 2.75) is 6.92 Å². The van der Waals surface area contributed by atoms with Crippen molar-refractivity contribution in [3.63, 3.8) is 0 Å². The third-order valence-corrected chi connectivity index (χ3v) is 4.44. The number of ether oxygens (including phenoxy) is 1. The fourth-order valence-corrected chi connectivity index (χ4v) is 3.09. The number of rotatable bonds is 4. The first kappa shape index (κ1) is 18.5. The molecule has 0 aliphatic carbocycles. The van der Waals surface area contributed by atoms with Crippen LogP contribution in [0.3, 0.4) is 0 Å². The lowest BCUT2D eigenvalue weighted by Crippen LogP contribution is -2.43. The van der Waals surface area contributed by atoms with Gasteiger partial charge in [-0.15, -0.1) is 0 Å². The summed E-state index contributed by atoms with van der Waals surface area (Å²) >= 11 is 0. The number of nitrogens with zero attached hydrogens (tertiary/aromatic N) is 2. The van der Waals surface area contributed by atoms with Crippen molar-refractivity contribution < 1.29 is 9.53 Å². The molecule has 0 saturated carbocycles. The number of benzene rings is 2. The Morgan fingerprint density at radius 1 is 1.19 bits per heavy atom. The minimum Gasteiger partial charge on any atom is -0.495 e. The van der Waals surface area contributed by atoms with E-state index >= 15 is 0 Å². The van der Waals surface area contributed by atoms with Crippen LogP contribution < -0.4 is 25.6 Å². The van der Waals surface area contributed by atoms with Crippen LogP contribution in [0.5, 0.6) is 5.75 Å². The van der Waals surface area contributed by atoms with E-state index in [1.165, 1.54) is 0 Å². The summed E-state index contributed by atoms with van der Waals surface area (Å²) in [6.45, 7) is 5.44. The number of methoxy groups -OCH3 is 1. The summed E-state index contributed by atoms with van der Waals surface area (Å²) in [5.41, 5.74) is 3.61. The van der Waals surface area contributed by atoms with Gasteiger partial charge in [-0.3, -0.25) is 0 Å². The molecule has 1 aliphatic rings. The number of nitriles is 1. The van der Waals surface area contributed by atoms with Crippen LogP contribution in [0.25, 0.3) is 0 Å². The number of carbonyl (C=O) groups excluding carboxylic acids is 1. The van der Waals surface area contributed by atoms with Gasteiger partial charge < -0.3 is 25.6 Å². The van der Waals surface area contributed by atoms with Gasteiger partial charge in [0.2, 0.25) is 0 Å². The van der Waals surface area contributed by atoms with Gasteiger partial charge in [-0.05, 0) is 42.8 Å². The van der Waals surface area contributed by atoms with Gasteiger partial charge in [-0.2, -0.15) is 5.26 Å². The molecule has 7 nitrogen and oxygen atoms in total. The summed E-state index contributed by atoms with van der Waals surface area (Å²) in [6.07, 6.45) is 0. The van der Waals surface area contributed by atoms with E-state index in [-0.39, 0.29) is 0 Å². The Morgan fingerprint density at radius 3 is 2.67 bits per heavy atom. The number of amides is 2. The SMILES string of the molecule is COc1ccc(C)cc1NC(=O)Nc1ccc(N2CCNCC2)c(C#N)c1. The fourth-order valence-electron chi connectivity index (χ4n) is 3.09.